The van der Waals surface area contributed by atoms with Gasteiger partial charge in [-0.25, -0.2) is 0 Å². The van der Waals surface area contributed by atoms with Gasteiger partial charge in [-0.1, -0.05) is 34.9 Å². The standard InChI is InChI=1S/C16H22ClNO/c1-13(10-11-19)4-3-5-14(2)12-18-16-8-6-15(17)7-9-16/h5-10,18-19H,3-4,11-12H2,1-2H3/b13-10+,14-5+. The first-order valence-electron chi connectivity index (χ1n) is 6.53. The highest BCUT2D eigenvalue weighted by atomic mass is 35.5. The molecule has 1 rings (SSSR count). The zero-order valence-electron chi connectivity index (χ0n) is 11.6. The van der Waals surface area contributed by atoms with Gasteiger partial charge in [-0.3, -0.25) is 0 Å². The second-order valence-electron chi connectivity index (χ2n) is 4.68. The van der Waals surface area contributed by atoms with Gasteiger partial charge in [-0.05, 0) is 51.0 Å². The SMILES string of the molecule is C/C(=C\CO)CC/C=C(\C)CNc1ccc(Cl)cc1. The Morgan fingerprint density at radius 3 is 2.47 bits per heavy atom. The molecule has 2 N–H and O–H groups in total. The van der Waals surface area contributed by atoms with Crippen LogP contribution in [0.2, 0.25) is 5.02 Å². The van der Waals surface area contributed by atoms with Gasteiger partial charge < -0.3 is 10.4 Å². The summed E-state index contributed by atoms with van der Waals surface area (Å²) in [7, 11) is 0. The number of anilines is 1. The molecule has 2 nitrogen and oxygen atoms in total. The molecule has 0 saturated heterocycles. The van der Waals surface area contributed by atoms with Gasteiger partial charge in [0.05, 0.1) is 6.61 Å². The van der Waals surface area contributed by atoms with E-state index in [9.17, 15) is 0 Å². The minimum Gasteiger partial charge on any atom is -0.392 e. The summed E-state index contributed by atoms with van der Waals surface area (Å²) in [4.78, 5) is 0. The predicted octanol–water partition coefficient (Wildman–Crippen LogP) is 4.42. The van der Waals surface area contributed by atoms with Crippen molar-refractivity contribution in [2.24, 2.45) is 0 Å². The van der Waals surface area contributed by atoms with E-state index >= 15 is 0 Å². The molecule has 0 heterocycles. The highest BCUT2D eigenvalue weighted by molar-refractivity contribution is 6.30. The normalized spacial score (nSPS) is 12.6. The van der Waals surface area contributed by atoms with Crippen LogP contribution in [0.5, 0.6) is 0 Å². The lowest BCUT2D eigenvalue weighted by Crippen LogP contribution is -2.02. The summed E-state index contributed by atoms with van der Waals surface area (Å²) < 4.78 is 0. The number of allylic oxidation sites excluding steroid dienone is 2. The zero-order valence-corrected chi connectivity index (χ0v) is 12.4. The van der Waals surface area contributed by atoms with E-state index in [0.717, 1.165) is 30.1 Å². The Morgan fingerprint density at radius 1 is 1.16 bits per heavy atom. The van der Waals surface area contributed by atoms with E-state index in [2.05, 4.69) is 18.3 Å². The Morgan fingerprint density at radius 2 is 1.84 bits per heavy atom. The molecule has 0 spiro atoms. The van der Waals surface area contributed by atoms with Gasteiger partial charge in [-0.2, -0.15) is 0 Å². The van der Waals surface area contributed by atoms with Crippen molar-refractivity contribution in [2.75, 3.05) is 18.5 Å². The maximum Gasteiger partial charge on any atom is 0.0614 e. The molecule has 0 radical (unpaired) electrons. The third-order valence-corrected chi connectivity index (χ3v) is 3.14. The second-order valence-corrected chi connectivity index (χ2v) is 5.12. The molecule has 0 aromatic heterocycles. The van der Waals surface area contributed by atoms with Crippen LogP contribution in [0.25, 0.3) is 0 Å². The number of hydrogen-bond acceptors (Lipinski definition) is 2. The third-order valence-electron chi connectivity index (χ3n) is 2.89. The highest BCUT2D eigenvalue weighted by Gasteiger charge is 1.94. The average molecular weight is 280 g/mol. The number of nitrogens with one attached hydrogen (secondary N) is 1. The van der Waals surface area contributed by atoms with Gasteiger partial charge in [0.1, 0.15) is 0 Å². The summed E-state index contributed by atoms with van der Waals surface area (Å²) in [5.41, 5.74) is 3.62. The molecule has 104 valence electrons. The van der Waals surface area contributed by atoms with E-state index in [0.29, 0.717) is 0 Å². The van der Waals surface area contributed by atoms with E-state index in [1.165, 1.54) is 11.1 Å². The van der Waals surface area contributed by atoms with Crippen LogP contribution in [0.1, 0.15) is 26.7 Å². The largest absolute Gasteiger partial charge is 0.392 e. The van der Waals surface area contributed by atoms with Crippen LogP contribution in [-0.2, 0) is 0 Å². The van der Waals surface area contributed by atoms with Crippen molar-refractivity contribution in [3.63, 3.8) is 0 Å². The van der Waals surface area contributed by atoms with Crippen molar-refractivity contribution in [2.45, 2.75) is 26.7 Å². The summed E-state index contributed by atoms with van der Waals surface area (Å²) in [5.74, 6) is 0. The molecular formula is C16H22ClNO. The van der Waals surface area contributed by atoms with Crippen LogP contribution in [0.3, 0.4) is 0 Å². The topological polar surface area (TPSA) is 32.3 Å². The van der Waals surface area contributed by atoms with Crippen molar-refractivity contribution >= 4 is 17.3 Å². The van der Waals surface area contributed by atoms with Crippen molar-refractivity contribution < 1.29 is 5.11 Å². The molecule has 3 heteroatoms. The van der Waals surface area contributed by atoms with Gasteiger partial charge in [0.15, 0.2) is 0 Å². The zero-order chi connectivity index (χ0) is 14.1. The Labute approximate surface area is 120 Å². The monoisotopic (exact) mass is 279 g/mol. The molecule has 1 aromatic carbocycles. The van der Waals surface area contributed by atoms with Crippen LogP contribution < -0.4 is 5.32 Å². The predicted molar refractivity (Wildman–Crippen MR) is 83.8 cm³/mol. The molecule has 0 fully saturated rings. The molecule has 0 unspecified atom stereocenters. The first-order valence-corrected chi connectivity index (χ1v) is 6.91. The Balaban J connectivity index is 2.32. The van der Waals surface area contributed by atoms with Crippen LogP contribution in [-0.4, -0.2) is 18.3 Å². The van der Waals surface area contributed by atoms with E-state index in [-0.39, 0.29) is 6.61 Å². The maximum atomic E-state index is 8.76. The first-order chi connectivity index (χ1) is 9.11. The van der Waals surface area contributed by atoms with Gasteiger partial charge in [0.25, 0.3) is 0 Å². The summed E-state index contributed by atoms with van der Waals surface area (Å²) in [6, 6.07) is 7.71. The quantitative estimate of drug-likeness (QED) is 0.724. The van der Waals surface area contributed by atoms with Crippen molar-refractivity contribution in [1.29, 1.82) is 0 Å². The van der Waals surface area contributed by atoms with Gasteiger partial charge in [0.2, 0.25) is 0 Å². The second kappa shape index (κ2) is 8.78. The number of rotatable bonds is 7. The summed E-state index contributed by atoms with van der Waals surface area (Å²) in [5, 5.41) is 12.9. The first kappa shape index (κ1) is 15.8. The minimum absolute atomic E-state index is 0.132. The molecule has 0 aliphatic rings. The van der Waals surface area contributed by atoms with Crippen molar-refractivity contribution in [3.8, 4) is 0 Å². The van der Waals surface area contributed by atoms with Crippen LogP contribution in [0, 0.1) is 0 Å². The molecular weight excluding hydrogens is 258 g/mol. The van der Waals surface area contributed by atoms with Crippen LogP contribution in [0.4, 0.5) is 5.69 Å². The molecule has 0 amide bonds. The van der Waals surface area contributed by atoms with E-state index < -0.39 is 0 Å². The maximum absolute atomic E-state index is 8.76. The van der Waals surface area contributed by atoms with Gasteiger partial charge >= 0.3 is 0 Å². The lowest BCUT2D eigenvalue weighted by molar-refractivity contribution is 0.341. The smallest absolute Gasteiger partial charge is 0.0614 e. The number of halogens is 1. The number of aliphatic hydroxyl groups is 1. The molecule has 0 saturated carbocycles. The Bertz CT molecular complexity index is 435. The fraction of sp³-hybridized carbons (Fsp3) is 0.375. The summed E-state index contributed by atoms with van der Waals surface area (Å²) >= 11 is 5.84. The molecule has 19 heavy (non-hydrogen) atoms. The Hall–Kier alpha value is -1.25. The number of benzene rings is 1. The van der Waals surface area contributed by atoms with Crippen molar-refractivity contribution in [3.05, 3.63) is 52.6 Å². The third kappa shape index (κ3) is 7.04. The summed E-state index contributed by atoms with van der Waals surface area (Å²) in [6.45, 7) is 5.14. The van der Waals surface area contributed by atoms with E-state index in [4.69, 9.17) is 16.7 Å². The molecule has 0 atom stereocenters. The highest BCUT2D eigenvalue weighted by Crippen LogP contribution is 2.14. The lowest BCUT2D eigenvalue weighted by atomic mass is 10.1. The van der Waals surface area contributed by atoms with E-state index in [1.54, 1.807) is 0 Å². The number of aliphatic hydroxyl groups excluding tert-OH is 1. The molecule has 0 bridgehead atoms. The van der Waals surface area contributed by atoms with Crippen LogP contribution in [0.15, 0.2) is 47.6 Å². The molecule has 0 aliphatic carbocycles. The van der Waals surface area contributed by atoms with Crippen molar-refractivity contribution in [1.82, 2.24) is 0 Å². The fourth-order valence-corrected chi connectivity index (χ4v) is 1.81. The van der Waals surface area contributed by atoms with E-state index in [1.807, 2.05) is 37.3 Å². The minimum atomic E-state index is 0.132. The number of hydrogen-bond donors (Lipinski definition) is 2. The Kier molecular flexibility index (Phi) is 7.31. The lowest BCUT2D eigenvalue weighted by Gasteiger charge is -2.07. The van der Waals surface area contributed by atoms with Gasteiger partial charge in [0, 0.05) is 17.3 Å². The summed E-state index contributed by atoms with van der Waals surface area (Å²) in [6.07, 6.45) is 6.10. The van der Waals surface area contributed by atoms with Crippen LogP contribution >= 0.6 is 11.6 Å². The fourth-order valence-electron chi connectivity index (χ4n) is 1.69. The molecule has 1 aromatic rings. The average Bonchev–Trinajstić information content (AvgIpc) is 2.38. The van der Waals surface area contributed by atoms with Gasteiger partial charge in [-0.15, -0.1) is 0 Å². The molecule has 0 aliphatic heterocycles.